The molecular weight excluding hydrogens is 549 g/mol. The van der Waals surface area contributed by atoms with Crippen molar-refractivity contribution in [3.8, 4) is 22.5 Å². The third-order valence-electron chi connectivity index (χ3n) is 7.40. The number of hydrogen-bond acceptors (Lipinski definition) is 6. The number of aromatic nitrogens is 1. The van der Waals surface area contributed by atoms with Gasteiger partial charge in [0, 0.05) is 5.56 Å². The van der Waals surface area contributed by atoms with Gasteiger partial charge >= 0.3 is 18.2 Å². The molecule has 0 spiro atoms. The molecule has 1 saturated carbocycles. The van der Waals surface area contributed by atoms with Crippen molar-refractivity contribution in [3.63, 3.8) is 0 Å². The van der Waals surface area contributed by atoms with Gasteiger partial charge < -0.3 is 14.0 Å². The number of amides is 1. The van der Waals surface area contributed by atoms with Crippen molar-refractivity contribution >= 4 is 17.7 Å². The van der Waals surface area contributed by atoms with Crippen LogP contribution in [0, 0.1) is 6.92 Å². The van der Waals surface area contributed by atoms with E-state index in [0.717, 1.165) is 28.8 Å². The Balaban J connectivity index is 1.46. The molecule has 42 heavy (non-hydrogen) atoms. The summed E-state index contributed by atoms with van der Waals surface area (Å²) in [7, 11) is 0. The summed E-state index contributed by atoms with van der Waals surface area (Å²) in [5, 5.41) is 6.78. The monoisotopic (exact) mass is 578 g/mol. The number of nitrogens with one attached hydrogen (secondary N) is 1. The number of anilines is 1. The van der Waals surface area contributed by atoms with Crippen molar-refractivity contribution < 1.29 is 36.8 Å². The SMILES string of the molecule is CCOC(=O)C1(c2ccc(-c3ccccc3)c(-c3onc(C)c3NC(=O)OC(C)c3ccc(C(F)(F)F)cc3)c2)CC1. The lowest BCUT2D eigenvalue weighted by atomic mass is 9.89. The van der Waals surface area contributed by atoms with Gasteiger partial charge in [-0.05, 0) is 74.1 Å². The summed E-state index contributed by atoms with van der Waals surface area (Å²) in [6, 6.07) is 19.7. The average molecular weight is 579 g/mol. The summed E-state index contributed by atoms with van der Waals surface area (Å²) >= 11 is 0. The third kappa shape index (κ3) is 5.74. The molecule has 4 aromatic rings. The van der Waals surface area contributed by atoms with Crippen molar-refractivity contribution in [1.29, 1.82) is 0 Å². The van der Waals surface area contributed by atoms with E-state index >= 15 is 0 Å². The molecule has 3 aromatic carbocycles. The van der Waals surface area contributed by atoms with Crippen molar-refractivity contribution in [2.24, 2.45) is 0 Å². The predicted octanol–water partition coefficient (Wildman–Crippen LogP) is 8.24. The molecule has 1 atom stereocenters. The Morgan fingerprint density at radius 3 is 2.33 bits per heavy atom. The molecule has 0 bridgehead atoms. The predicted molar refractivity (Wildman–Crippen MR) is 150 cm³/mol. The number of rotatable bonds is 8. The van der Waals surface area contributed by atoms with E-state index in [1.165, 1.54) is 12.1 Å². The van der Waals surface area contributed by atoms with Crippen LogP contribution in [0.15, 0.2) is 77.3 Å². The fourth-order valence-corrected chi connectivity index (χ4v) is 4.91. The van der Waals surface area contributed by atoms with Crippen molar-refractivity contribution in [3.05, 3.63) is 95.2 Å². The molecule has 0 radical (unpaired) electrons. The number of nitrogens with zero attached hydrogens (tertiary/aromatic N) is 1. The number of esters is 1. The molecule has 1 aliphatic rings. The Kier molecular flexibility index (Phi) is 7.81. The summed E-state index contributed by atoms with van der Waals surface area (Å²) in [6.45, 7) is 5.27. The van der Waals surface area contributed by atoms with E-state index in [-0.39, 0.29) is 24.0 Å². The van der Waals surface area contributed by atoms with Gasteiger partial charge in [0.1, 0.15) is 17.5 Å². The summed E-state index contributed by atoms with van der Waals surface area (Å²) < 4.78 is 55.4. The van der Waals surface area contributed by atoms with Gasteiger partial charge in [-0.25, -0.2) is 4.79 Å². The highest BCUT2D eigenvalue weighted by Crippen LogP contribution is 2.51. The molecule has 1 unspecified atom stereocenters. The van der Waals surface area contributed by atoms with E-state index in [1.54, 1.807) is 20.8 Å². The van der Waals surface area contributed by atoms with Crippen LogP contribution in [-0.2, 0) is 25.9 Å². The Bertz CT molecular complexity index is 1590. The fourth-order valence-electron chi connectivity index (χ4n) is 4.91. The summed E-state index contributed by atoms with van der Waals surface area (Å²) in [5.74, 6) is -0.0108. The molecule has 218 valence electrons. The maximum absolute atomic E-state index is 13.0. The molecule has 1 aliphatic carbocycles. The zero-order chi connectivity index (χ0) is 30.1. The van der Waals surface area contributed by atoms with Crippen LogP contribution >= 0.6 is 0 Å². The quantitative estimate of drug-likeness (QED) is 0.212. The van der Waals surface area contributed by atoms with E-state index in [1.807, 2.05) is 48.5 Å². The number of carbonyl (C=O) groups excluding carboxylic acids is 2. The second-order valence-electron chi connectivity index (χ2n) is 10.2. The topological polar surface area (TPSA) is 90.7 Å². The molecule has 1 aromatic heterocycles. The number of alkyl halides is 3. The van der Waals surface area contributed by atoms with Crippen LogP contribution in [0.5, 0.6) is 0 Å². The molecule has 10 heteroatoms. The van der Waals surface area contributed by atoms with Crippen LogP contribution in [0.4, 0.5) is 23.7 Å². The highest BCUT2D eigenvalue weighted by atomic mass is 19.4. The molecule has 1 fully saturated rings. The Labute approximate surface area is 240 Å². The molecule has 5 rings (SSSR count). The lowest BCUT2D eigenvalue weighted by molar-refractivity contribution is -0.146. The Hall–Kier alpha value is -4.60. The number of hydrogen-bond donors (Lipinski definition) is 1. The van der Waals surface area contributed by atoms with Crippen LogP contribution in [0.3, 0.4) is 0 Å². The van der Waals surface area contributed by atoms with Crippen LogP contribution in [0.1, 0.15) is 55.2 Å². The number of halogens is 3. The Morgan fingerprint density at radius 1 is 1.02 bits per heavy atom. The lowest BCUT2D eigenvalue weighted by Crippen LogP contribution is -2.23. The van der Waals surface area contributed by atoms with E-state index in [2.05, 4.69) is 10.5 Å². The normalized spacial score (nSPS) is 14.6. The fraction of sp³-hybridized carbons (Fsp3) is 0.281. The minimum Gasteiger partial charge on any atom is -0.465 e. The first-order valence-electron chi connectivity index (χ1n) is 13.5. The number of aryl methyl sites for hydroxylation is 1. The number of benzene rings is 3. The van der Waals surface area contributed by atoms with Gasteiger partial charge in [0.15, 0.2) is 5.76 Å². The van der Waals surface area contributed by atoms with E-state index in [4.69, 9.17) is 14.0 Å². The molecule has 0 aliphatic heterocycles. The van der Waals surface area contributed by atoms with Crippen molar-refractivity contribution in [1.82, 2.24) is 5.16 Å². The number of ether oxygens (including phenoxy) is 2. The molecule has 7 nitrogen and oxygen atoms in total. The van der Waals surface area contributed by atoms with Crippen molar-refractivity contribution in [2.45, 2.75) is 51.3 Å². The molecular formula is C32H29F3N2O5. The second kappa shape index (κ2) is 11.3. The van der Waals surface area contributed by atoms with Crippen LogP contribution in [-0.4, -0.2) is 23.8 Å². The van der Waals surface area contributed by atoms with E-state index < -0.39 is 29.4 Å². The summed E-state index contributed by atoms with van der Waals surface area (Å²) in [5.41, 5.74) is 2.60. The van der Waals surface area contributed by atoms with Crippen LogP contribution < -0.4 is 5.32 Å². The highest BCUT2D eigenvalue weighted by Gasteiger charge is 2.53. The maximum Gasteiger partial charge on any atom is 0.416 e. The van der Waals surface area contributed by atoms with Gasteiger partial charge in [0.2, 0.25) is 0 Å². The first kappa shape index (κ1) is 28.9. The van der Waals surface area contributed by atoms with Gasteiger partial charge in [-0.15, -0.1) is 0 Å². The zero-order valence-electron chi connectivity index (χ0n) is 23.2. The zero-order valence-corrected chi connectivity index (χ0v) is 23.2. The van der Waals surface area contributed by atoms with Gasteiger partial charge in [-0.2, -0.15) is 13.2 Å². The minimum atomic E-state index is -4.46. The maximum atomic E-state index is 13.0. The molecule has 0 saturated heterocycles. The molecule has 1 N–H and O–H groups in total. The van der Waals surface area contributed by atoms with Gasteiger partial charge in [0.25, 0.3) is 0 Å². The first-order chi connectivity index (χ1) is 20.0. The highest BCUT2D eigenvalue weighted by molar-refractivity contribution is 5.95. The van der Waals surface area contributed by atoms with E-state index in [9.17, 15) is 22.8 Å². The lowest BCUT2D eigenvalue weighted by Gasteiger charge is -2.18. The smallest absolute Gasteiger partial charge is 0.416 e. The Morgan fingerprint density at radius 2 is 1.71 bits per heavy atom. The second-order valence-corrected chi connectivity index (χ2v) is 10.2. The summed E-state index contributed by atoms with van der Waals surface area (Å²) in [6.07, 6.45) is -4.82. The minimum absolute atomic E-state index is 0.270. The largest absolute Gasteiger partial charge is 0.465 e. The van der Waals surface area contributed by atoms with E-state index in [0.29, 0.717) is 29.7 Å². The molecule has 1 heterocycles. The molecule has 1 amide bonds. The number of carbonyl (C=O) groups is 2. The van der Waals surface area contributed by atoms with Crippen molar-refractivity contribution in [2.75, 3.05) is 11.9 Å². The van der Waals surface area contributed by atoms with Gasteiger partial charge in [-0.3, -0.25) is 10.1 Å². The van der Waals surface area contributed by atoms with Crippen LogP contribution in [0.2, 0.25) is 0 Å². The van der Waals surface area contributed by atoms with Crippen LogP contribution in [0.25, 0.3) is 22.5 Å². The first-order valence-corrected chi connectivity index (χ1v) is 13.5. The van der Waals surface area contributed by atoms with Gasteiger partial charge in [0.05, 0.1) is 17.6 Å². The standard InChI is InChI=1S/C32H29F3N2O5/c1-4-40-29(38)31(16-17-31)24-14-15-25(22-8-6-5-7-9-22)26(18-24)28-27(19(2)37-42-28)36-30(39)41-20(3)21-10-12-23(13-11-21)32(33,34)35/h5-15,18,20H,4,16-17H2,1-3H3,(H,36,39). The average Bonchev–Trinajstić information content (AvgIpc) is 3.72. The third-order valence-corrected chi connectivity index (χ3v) is 7.40. The summed E-state index contributed by atoms with van der Waals surface area (Å²) in [4.78, 5) is 25.8. The van der Waals surface area contributed by atoms with Gasteiger partial charge in [-0.1, -0.05) is 59.8 Å².